The van der Waals surface area contributed by atoms with Crippen LogP contribution in [0.4, 0.5) is 21.8 Å². The van der Waals surface area contributed by atoms with Crippen LogP contribution in [0.2, 0.25) is 0 Å². The minimum absolute atomic E-state index is 0.0571. The van der Waals surface area contributed by atoms with Gasteiger partial charge in [-0.05, 0) is 36.4 Å². The van der Waals surface area contributed by atoms with Crippen molar-refractivity contribution in [3.8, 4) is 0 Å². The molecule has 7 nitrogen and oxygen atoms in total. The summed E-state index contributed by atoms with van der Waals surface area (Å²) >= 11 is 0. The number of carbonyl (C=O) groups excluding carboxylic acids is 1. The first-order valence-electron chi connectivity index (χ1n) is 8.99. The van der Waals surface area contributed by atoms with Gasteiger partial charge in [0.05, 0.1) is 0 Å². The normalized spacial score (nSPS) is 14.0. The minimum atomic E-state index is -0.336. The lowest BCUT2D eigenvalue weighted by Gasteiger charge is -2.34. The number of nitrogens with zero attached hydrogens (tertiary/aromatic N) is 5. The fraction of sp³-hybridized carbons (Fsp3) is 0.200. The van der Waals surface area contributed by atoms with Crippen molar-refractivity contribution in [1.82, 2.24) is 19.9 Å². The van der Waals surface area contributed by atoms with Gasteiger partial charge < -0.3 is 15.1 Å². The SMILES string of the molecule is O=C(c1ccnc(Nc2cccc(F)c2)c1)N1CCN(c2ncccn2)CC1. The predicted molar refractivity (Wildman–Crippen MR) is 104 cm³/mol. The first-order valence-corrected chi connectivity index (χ1v) is 8.99. The van der Waals surface area contributed by atoms with Gasteiger partial charge in [0.15, 0.2) is 0 Å². The molecule has 1 N–H and O–H groups in total. The van der Waals surface area contributed by atoms with Crippen LogP contribution >= 0.6 is 0 Å². The Hall–Kier alpha value is -3.55. The molecule has 0 unspecified atom stereocenters. The standard InChI is InChI=1S/C20H19FN6O/c21-16-3-1-4-17(14-16)25-18-13-15(5-8-22-18)19(28)26-9-11-27(12-10-26)20-23-6-2-7-24-20/h1-8,13-14H,9-12H2,(H,22,25). The fourth-order valence-electron chi connectivity index (χ4n) is 3.09. The van der Waals surface area contributed by atoms with Gasteiger partial charge in [-0.1, -0.05) is 6.07 Å². The maximum absolute atomic E-state index is 13.3. The Labute approximate surface area is 161 Å². The first kappa shape index (κ1) is 17.8. The summed E-state index contributed by atoms with van der Waals surface area (Å²) in [7, 11) is 0. The van der Waals surface area contributed by atoms with Crippen molar-refractivity contribution in [1.29, 1.82) is 0 Å². The number of anilines is 3. The summed E-state index contributed by atoms with van der Waals surface area (Å²) in [5.41, 5.74) is 1.12. The number of amides is 1. The van der Waals surface area contributed by atoms with Crippen molar-refractivity contribution in [3.63, 3.8) is 0 Å². The van der Waals surface area contributed by atoms with E-state index in [0.717, 1.165) is 0 Å². The summed E-state index contributed by atoms with van der Waals surface area (Å²) in [5, 5.41) is 3.02. The van der Waals surface area contributed by atoms with E-state index in [0.29, 0.717) is 49.2 Å². The molecule has 1 aromatic carbocycles. The van der Waals surface area contributed by atoms with Gasteiger partial charge in [0.2, 0.25) is 5.95 Å². The molecule has 1 saturated heterocycles. The van der Waals surface area contributed by atoms with Crippen LogP contribution in [0.25, 0.3) is 0 Å². The monoisotopic (exact) mass is 378 g/mol. The second-order valence-electron chi connectivity index (χ2n) is 6.39. The summed E-state index contributed by atoms with van der Waals surface area (Å²) in [6, 6.07) is 11.3. The predicted octanol–water partition coefficient (Wildman–Crippen LogP) is 2.72. The van der Waals surface area contributed by atoms with Crippen molar-refractivity contribution < 1.29 is 9.18 Å². The molecule has 0 atom stereocenters. The van der Waals surface area contributed by atoms with E-state index in [1.165, 1.54) is 12.1 Å². The number of piperazine rings is 1. The van der Waals surface area contributed by atoms with Crippen molar-refractivity contribution in [2.24, 2.45) is 0 Å². The average molecular weight is 378 g/mol. The Balaban J connectivity index is 1.41. The minimum Gasteiger partial charge on any atom is -0.340 e. The molecule has 4 rings (SSSR count). The number of aromatic nitrogens is 3. The number of carbonyl (C=O) groups is 1. The summed E-state index contributed by atoms with van der Waals surface area (Å²) in [5.74, 6) is 0.781. The van der Waals surface area contributed by atoms with Crippen LogP contribution in [0.1, 0.15) is 10.4 Å². The third kappa shape index (κ3) is 4.06. The van der Waals surface area contributed by atoms with Crippen LogP contribution in [-0.4, -0.2) is 51.9 Å². The molecule has 2 aromatic heterocycles. The molecule has 0 aliphatic carbocycles. The van der Waals surface area contributed by atoms with Gasteiger partial charge in [0, 0.05) is 56.0 Å². The molecule has 1 aliphatic rings. The topological polar surface area (TPSA) is 74.2 Å². The molecule has 0 spiro atoms. The maximum Gasteiger partial charge on any atom is 0.254 e. The molecular weight excluding hydrogens is 359 g/mol. The highest BCUT2D eigenvalue weighted by Crippen LogP contribution is 2.18. The van der Waals surface area contributed by atoms with Crippen LogP contribution in [-0.2, 0) is 0 Å². The quantitative estimate of drug-likeness (QED) is 0.753. The third-order valence-corrected chi connectivity index (χ3v) is 4.51. The van der Waals surface area contributed by atoms with Gasteiger partial charge in [-0.15, -0.1) is 0 Å². The van der Waals surface area contributed by atoms with Crippen LogP contribution in [0.3, 0.4) is 0 Å². The van der Waals surface area contributed by atoms with Crippen LogP contribution < -0.4 is 10.2 Å². The molecule has 142 valence electrons. The average Bonchev–Trinajstić information content (AvgIpc) is 2.74. The molecular formula is C20H19FN6O. The molecule has 1 aliphatic heterocycles. The molecule has 1 amide bonds. The summed E-state index contributed by atoms with van der Waals surface area (Å²) in [6.45, 7) is 2.53. The van der Waals surface area contributed by atoms with E-state index in [-0.39, 0.29) is 11.7 Å². The Morgan fingerprint density at radius 3 is 2.46 bits per heavy atom. The number of rotatable bonds is 4. The molecule has 1 fully saturated rings. The Morgan fingerprint density at radius 1 is 0.929 bits per heavy atom. The maximum atomic E-state index is 13.3. The fourth-order valence-corrected chi connectivity index (χ4v) is 3.09. The van der Waals surface area contributed by atoms with Crippen molar-refractivity contribution in [2.75, 3.05) is 36.4 Å². The highest BCUT2D eigenvalue weighted by atomic mass is 19.1. The largest absolute Gasteiger partial charge is 0.340 e. The number of hydrogen-bond donors (Lipinski definition) is 1. The molecule has 28 heavy (non-hydrogen) atoms. The van der Waals surface area contributed by atoms with Gasteiger partial charge in [0.1, 0.15) is 11.6 Å². The molecule has 0 bridgehead atoms. The number of halogens is 1. The lowest BCUT2D eigenvalue weighted by Crippen LogP contribution is -2.49. The zero-order valence-electron chi connectivity index (χ0n) is 15.1. The summed E-state index contributed by atoms with van der Waals surface area (Å²) < 4.78 is 13.3. The van der Waals surface area contributed by atoms with Crippen molar-refractivity contribution in [3.05, 3.63) is 72.4 Å². The van der Waals surface area contributed by atoms with Crippen molar-refractivity contribution in [2.45, 2.75) is 0 Å². The van der Waals surface area contributed by atoms with Gasteiger partial charge in [0.25, 0.3) is 5.91 Å². The van der Waals surface area contributed by atoms with Gasteiger partial charge >= 0.3 is 0 Å². The van der Waals surface area contributed by atoms with Gasteiger partial charge in [-0.3, -0.25) is 4.79 Å². The van der Waals surface area contributed by atoms with Gasteiger partial charge in [-0.2, -0.15) is 0 Å². The summed E-state index contributed by atoms with van der Waals surface area (Å²) in [6.07, 6.45) is 5.00. The van der Waals surface area contributed by atoms with Crippen LogP contribution in [0.5, 0.6) is 0 Å². The number of nitrogens with one attached hydrogen (secondary N) is 1. The molecule has 8 heteroatoms. The smallest absolute Gasteiger partial charge is 0.254 e. The number of benzene rings is 1. The number of hydrogen-bond acceptors (Lipinski definition) is 6. The van der Waals surface area contributed by atoms with E-state index in [2.05, 4.69) is 25.2 Å². The Morgan fingerprint density at radius 2 is 1.71 bits per heavy atom. The third-order valence-electron chi connectivity index (χ3n) is 4.51. The lowest BCUT2D eigenvalue weighted by molar-refractivity contribution is 0.0746. The molecule has 3 heterocycles. The Kier molecular flexibility index (Phi) is 5.09. The zero-order chi connectivity index (χ0) is 19.3. The lowest BCUT2D eigenvalue weighted by atomic mass is 10.2. The van der Waals surface area contributed by atoms with Crippen LogP contribution in [0, 0.1) is 5.82 Å². The van der Waals surface area contributed by atoms with Crippen molar-refractivity contribution >= 4 is 23.4 Å². The molecule has 0 radical (unpaired) electrons. The molecule has 0 saturated carbocycles. The Bertz CT molecular complexity index is 960. The van der Waals surface area contributed by atoms with E-state index in [9.17, 15) is 9.18 Å². The van der Waals surface area contributed by atoms with E-state index >= 15 is 0 Å². The first-order chi connectivity index (χ1) is 13.7. The van der Waals surface area contributed by atoms with E-state index < -0.39 is 0 Å². The second-order valence-corrected chi connectivity index (χ2v) is 6.39. The van der Waals surface area contributed by atoms with E-state index in [1.54, 1.807) is 53.8 Å². The second kappa shape index (κ2) is 7.99. The van der Waals surface area contributed by atoms with E-state index in [4.69, 9.17) is 0 Å². The number of pyridine rings is 1. The zero-order valence-corrected chi connectivity index (χ0v) is 15.1. The summed E-state index contributed by atoms with van der Waals surface area (Å²) in [4.78, 5) is 29.5. The van der Waals surface area contributed by atoms with Gasteiger partial charge in [-0.25, -0.2) is 19.3 Å². The highest BCUT2D eigenvalue weighted by Gasteiger charge is 2.23. The van der Waals surface area contributed by atoms with E-state index in [1.807, 2.05) is 0 Å². The molecule has 3 aromatic rings. The highest BCUT2D eigenvalue weighted by molar-refractivity contribution is 5.95. The van der Waals surface area contributed by atoms with Crippen LogP contribution in [0.15, 0.2) is 61.1 Å².